The minimum atomic E-state index is 0.318. The number of aliphatic hydroxyl groups excluding tert-OH is 1. The van der Waals surface area contributed by atoms with E-state index in [-0.39, 0.29) is 0 Å². The molecule has 1 unspecified atom stereocenters. The zero-order valence-corrected chi connectivity index (χ0v) is 10.2. The molecule has 15 heavy (non-hydrogen) atoms. The molecular formula is C13H27NO. The average molecular weight is 213 g/mol. The van der Waals surface area contributed by atoms with Crippen molar-refractivity contribution in [2.45, 2.75) is 76.8 Å². The zero-order valence-electron chi connectivity index (χ0n) is 10.2. The fraction of sp³-hybridized carbons (Fsp3) is 1.00. The van der Waals surface area contributed by atoms with Crippen LogP contribution in [-0.4, -0.2) is 23.8 Å². The summed E-state index contributed by atoms with van der Waals surface area (Å²) in [6, 6.07) is 1.24. The van der Waals surface area contributed by atoms with Gasteiger partial charge in [0.25, 0.3) is 0 Å². The minimum absolute atomic E-state index is 0.318. The van der Waals surface area contributed by atoms with Crippen LogP contribution in [0.15, 0.2) is 0 Å². The average Bonchev–Trinajstić information content (AvgIpc) is 2.20. The van der Waals surface area contributed by atoms with Crippen LogP contribution in [0.1, 0.15) is 64.7 Å². The highest BCUT2D eigenvalue weighted by Gasteiger charge is 2.14. The monoisotopic (exact) mass is 213 g/mol. The topological polar surface area (TPSA) is 32.3 Å². The van der Waals surface area contributed by atoms with Crippen LogP contribution < -0.4 is 5.32 Å². The Morgan fingerprint density at radius 1 is 1.13 bits per heavy atom. The molecule has 2 nitrogen and oxygen atoms in total. The van der Waals surface area contributed by atoms with Crippen molar-refractivity contribution in [2.24, 2.45) is 0 Å². The summed E-state index contributed by atoms with van der Waals surface area (Å²) < 4.78 is 0. The molecule has 1 aliphatic carbocycles. The fourth-order valence-electron chi connectivity index (χ4n) is 2.52. The van der Waals surface area contributed by atoms with Gasteiger partial charge >= 0.3 is 0 Å². The number of hydrogen-bond donors (Lipinski definition) is 2. The molecule has 0 spiro atoms. The number of hydrogen-bond acceptors (Lipinski definition) is 2. The minimum Gasteiger partial charge on any atom is -0.396 e. The van der Waals surface area contributed by atoms with Crippen molar-refractivity contribution >= 4 is 0 Å². The maximum absolute atomic E-state index is 8.96. The highest BCUT2D eigenvalue weighted by atomic mass is 16.3. The second-order valence-corrected chi connectivity index (χ2v) is 4.83. The van der Waals surface area contributed by atoms with Crippen LogP contribution in [0.3, 0.4) is 0 Å². The maximum Gasteiger partial charge on any atom is 0.0445 e. The molecule has 0 aliphatic heterocycles. The second kappa shape index (κ2) is 8.12. The lowest BCUT2D eigenvalue weighted by atomic mass is 9.95. The van der Waals surface area contributed by atoms with E-state index in [1.807, 2.05) is 0 Å². The molecule has 1 fully saturated rings. The van der Waals surface area contributed by atoms with Gasteiger partial charge in [-0.3, -0.25) is 0 Å². The van der Waals surface area contributed by atoms with Gasteiger partial charge in [-0.05, 0) is 25.7 Å². The molecule has 2 N–H and O–H groups in total. The Kier molecular flexibility index (Phi) is 7.03. The van der Waals surface area contributed by atoms with E-state index in [9.17, 15) is 0 Å². The lowest BCUT2D eigenvalue weighted by molar-refractivity contribution is 0.248. The second-order valence-electron chi connectivity index (χ2n) is 4.83. The van der Waals surface area contributed by atoms with Gasteiger partial charge in [-0.1, -0.05) is 39.0 Å². The SMILES string of the molecule is CCC(CCO)NC1CCCCCCC1. The van der Waals surface area contributed by atoms with Crippen LogP contribution >= 0.6 is 0 Å². The summed E-state index contributed by atoms with van der Waals surface area (Å²) in [6.07, 6.45) is 11.7. The van der Waals surface area contributed by atoms with Gasteiger partial charge in [0.15, 0.2) is 0 Å². The standard InChI is InChI=1S/C13H27NO/c1-2-12(10-11-15)14-13-8-6-4-3-5-7-9-13/h12-15H,2-11H2,1H3. The van der Waals surface area contributed by atoms with E-state index in [0.29, 0.717) is 18.7 Å². The highest BCUT2D eigenvalue weighted by molar-refractivity contribution is 4.75. The van der Waals surface area contributed by atoms with Crippen LogP contribution in [0.5, 0.6) is 0 Å². The zero-order chi connectivity index (χ0) is 10.9. The molecule has 0 aromatic rings. The first-order valence-corrected chi connectivity index (χ1v) is 6.73. The molecule has 0 amide bonds. The van der Waals surface area contributed by atoms with Gasteiger partial charge in [-0.25, -0.2) is 0 Å². The predicted molar refractivity (Wildman–Crippen MR) is 65.0 cm³/mol. The Bertz CT molecular complexity index is 141. The van der Waals surface area contributed by atoms with Crippen molar-refractivity contribution < 1.29 is 5.11 Å². The quantitative estimate of drug-likeness (QED) is 0.736. The van der Waals surface area contributed by atoms with Gasteiger partial charge in [0.1, 0.15) is 0 Å². The highest BCUT2D eigenvalue weighted by Crippen LogP contribution is 2.18. The van der Waals surface area contributed by atoms with Crippen molar-refractivity contribution in [1.82, 2.24) is 5.32 Å². The Hall–Kier alpha value is -0.0800. The molecule has 0 aromatic carbocycles. The molecule has 90 valence electrons. The number of aliphatic hydroxyl groups is 1. The summed E-state index contributed by atoms with van der Waals surface area (Å²) in [5.74, 6) is 0. The lowest BCUT2D eigenvalue weighted by Gasteiger charge is -2.26. The van der Waals surface area contributed by atoms with Gasteiger partial charge in [-0.2, -0.15) is 0 Å². The maximum atomic E-state index is 8.96. The Morgan fingerprint density at radius 2 is 1.73 bits per heavy atom. The summed E-state index contributed by atoms with van der Waals surface area (Å²) >= 11 is 0. The number of nitrogens with one attached hydrogen (secondary N) is 1. The molecular weight excluding hydrogens is 186 g/mol. The van der Waals surface area contributed by atoms with Crippen molar-refractivity contribution in [3.8, 4) is 0 Å². The summed E-state index contributed by atoms with van der Waals surface area (Å²) in [5, 5.41) is 12.7. The summed E-state index contributed by atoms with van der Waals surface area (Å²) in [4.78, 5) is 0. The van der Waals surface area contributed by atoms with E-state index in [0.717, 1.165) is 12.8 Å². The number of rotatable bonds is 5. The van der Waals surface area contributed by atoms with E-state index in [4.69, 9.17) is 5.11 Å². The van der Waals surface area contributed by atoms with Gasteiger partial charge in [-0.15, -0.1) is 0 Å². The predicted octanol–water partition coefficient (Wildman–Crippen LogP) is 2.85. The van der Waals surface area contributed by atoms with Gasteiger partial charge < -0.3 is 10.4 Å². The first-order valence-electron chi connectivity index (χ1n) is 6.73. The molecule has 1 rings (SSSR count). The smallest absolute Gasteiger partial charge is 0.0445 e. The van der Waals surface area contributed by atoms with Crippen molar-refractivity contribution in [2.75, 3.05) is 6.61 Å². The molecule has 0 radical (unpaired) electrons. The van der Waals surface area contributed by atoms with Crippen LogP contribution in [0.2, 0.25) is 0 Å². The molecule has 2 heteroatoms. The van der Waals surface area contributed by atoms with Crippen LogP contribution in [0.4, 0.5) is 0 Å². The largest absolute Gasteiger partial charge is 0.396 e. The normalized spacial score (nSPS) is 22.0. The third kappa shape index (κ3) is 5.53. The van der Waals surface area contributed by atoms with Crippen LogP contribution in [0, 0.1) is 0 Å². The van der Waals surface area contributed by atoms with Crippen LogP contribution in [0.25, 0.3) is 0 Å². The Morgan fingerprint density at radius 3 is 2.27 bits per heavy atom. The Labute approximate surface area is 94.5 Å². The molecule has 0 heterocycles. The summed E-state index contributed by atoms with van der Waals surface area (Å²) in [5.41, 5.74) is 0. The summed E-state index contributed by atoms with van der Waals surface area (Å²) in [6.45, 7) is 2.52. The van der Waals surface area contributed by atoms with Gasteiger partial charge in [0.05, 0.1) is 0 Å². The van der Waals surface area contributed by atoms with Gasteiger partial charge in [0, 0.05) is 18.7 Å². The molecule has 0 bridgehead atoms. The third-order valence-electron chi connectivity index (χ3n) is 3.55. The van der Waals surface area contributed by atoms with Crippen molar-refractivity contribution in [1.29, 1.82) is 0 Å². The summed E-state index contributed by atoms with van der Waals surface area (Å²) in [7, 11) is 0. The Balaban J connectivity index is 2.26. The van der Waals surface area contributed by atoms with E-state index < -0.39 is 0 Å². The third-order valence-corrected chi connectivity index (χ3v) is 3.55. The molecule has 0 saturated heterocycles. The van der Waals surface area contributed by atoms with Crippen molar-refractivity contribution in [3.05, 3.63) is 0 Å². The van der Waals surface area contributed by atoms with E-state index >= 15 is 0 Å². The lowest BCUT2D eigenvalue weighted by Crippen LogP contribution is -2.38. The molecule has 1 atom stereocenters. The van der Waals surface area contributed by atoms with Gasteiger partial charge in [0.2, 0.25) is 0 Å². The first-order chi connectivity index (χ1) is 7.36. The van der Waals surface area contributed by atoms with Crippen LogP contribution in [-0.2, 0) is 0 Å². The van der Waals surface area contributed by atoms with E-state index in [2.05, 4.69) is 12.2 Å². The van der Waals surface area contributed by atoms with E-state index in [1.54, 1.807) is 0 Å². The molecule has 1 saturated carbocycles. The van der Waals surface area contributed by atoms with Crippen molar-refractivity contribution in [3.63, 3.8) is 0 Å². The molecule has 0 aromatic heterocycles. The fourth-order valence-corrected chi connectivity index (χ4v) is 2.52. The molecule has 1 aliphatic rings. The van der Waals surface area contributed by atoms with E-state index in [1.165, 1.54) is 44.9 Å². The first kappa shape index (κ1) is 13.0.